The number of hydrogen-bond acceptors (Lipinski definition) is 17. The fraction of sp³-hybridized carbons (Fsp3) is 0.304. The quantitative estimate of drug-likeness (QED) is 0.0812. The van der Waals surface area contributed by atoms with Gasteiger partial charge in [0.15, 0.2) is 27.3 Å². The molecule has 0 bridgehead atoms. The molecule has 6 rings (SSSR count). The van der Waals surface area contributed by atoms with Crippen molar-refractivity contribution in [2.75, 3.05) is 28.8 Å². The fourth-order valence-corrected chi connectivity index (χ4v) is 6.39. The number of nitriles is 2. The zero-order valence-corrected chi connectivity index (χ0v) is 40.6. The average Bonchev–Trinajstić information content (AvgIpc) is 3.28. The second-order valence-corrected chi connectivity index (χ2v) is 17.6. The molecule has 3 N–H and O–H groups in total. The normalized spacial score (nSPS) is 10.8. The highest BCUT2D eigenvalue weighted by atomic mass is 35.5. The summed E-state index contributed by atoms with van der Waals surface area (Å²) in [6, 6.07) is 13.3. The first kappa shape index (κ1) is 54.0. The van der Waals surface area contributed by atoms with Gasteiger partial charge >= 0.3 is 0 Å². The van der Waals surface area contributed by atoms with E-state index in [0.717, 1.165) is 18.6 Å². The van der Waals surface area contributed by atoms with Gasteiger partial charge in [-0.15, -0.1) is 0 Å². The third kappa shape index (κ3) is 14.7. The van der Waals surface area contributed by atoms with Gasteiger partial charge < -0.3 is 34.9 Å². The van der Waals surface area contributed by atoms with E-state index in [1.54, 1.807) is 53.7 Å². The van der Waals surface area contributed by atoms with Crippen molar-refractivity contribution >= 4 is 56.0 Å². The minimum Gasteiger partial charge on any atom is -0.486 e. The van der Waals surface area contributed by atoms with Gasteiger partial charge in [0, 0.05) is 16.8 Å². The number of ether oxygens (including phenoxy) is 4. The predicted molar refractivity (Wildman–Crippen MR) is 251 cm³/mol. The van der Waals surface area contributed by atoms with Gasteiger partial charge in [-0.3, -0.25) is 0 Å². The van der Waals surface area contributed by atoms with E-state index in [-0.39, 0.29) is 86.6 Å². The van der Waals surface area contributed by atoms with Gasteiger partial charge in [-0.1, -0.05) is 11.6 Å². The molecule has 0 radical (unpaired) electrons. The van der Waals surface area contributed by atoms with Crippen molar-refractivity contribution in [3.05, 3.63) is 112 Å². The molecule has 3 aromatic carbocycles. The van der Waals surface area contributed by atoms with E-state index in [4.69, 9.17) is 35.8 Å². The topological polar surface area (TPSA) is 232 Å². The maximum atomic E-state index is 14.3. The van der Waals surface area contributed by atoms with Crippen LogP contribution in [0, 0.1) is 59.8 Å². The highest BCUT2D eigenvalue weighted by Gasteiger charge is 2.20. The molecule has 0 aliphatic rings. The summed E-state index contributed by atoms with van der Waals surface area (Å²) < 4.78 is 101. The lowest BCUT2D eigenvalue weighted by Gasteiger charge is -2.16. The van der Waals surface area contributed by atoms with Gasteiger partial charge in [0.25, 0.3) is 17.6 Å². The molecule has 6 aromatic rings. The molecule has 69 heavy (non-hydrogen) atoms. The van der Waals surface area contributed by atoms with Crippen LogP contribution in [0.2, 0.25) is 5.02 Å². The Morgan fingerprint density at radius 2 is 1.06 bits per heavy atom. The molecule has 0 spiro atoms. The molecule has 23 heteroatoms. The van der Waals surface area contributed by atoms with Gasteiger partial charge in [-0.05, 0) is 110 Å². The van der Waals surface area contributed by atoms with Gasteiger partial charge in [0.05, 0.1) is 58.0 Å². The second-order valence-electron chi connectivity index (χ2n) is 15.2. The number of aromatic nitrogens is 6. The predicted octanol–water partition coefficient (Wildman–Crippen LogP) is 10.4. The molecule has 0 aliphatic heterocycles. The molecule has 364 valence electrons. The average molecular weight is 994 g/mol. The van der Waals surface area contributed by atoms with Gasteiger partial charge in [-0.2, -0.15) is 34.3 Å². The molecule has 0 atom stereocenters. The zero-order valence-electron chi connectivity index (χ0n) is 39.0. The SMILES string of the molecule is CCOc1c(Nc2ccc(S(C)(=O)=O)cc2F)ncnc1OC(C)C.Cc1c(Cl)ccc(Nc2ncnc(OC(C)C)c2F)c1C#N.Cc1c(F)ccc(Nc2ncnc(OC(C)C)c2F)c1C#N. The van der Waals surface area contributed by atoms with Crippen LogP contribution >= 0.6 is 11.6 Å². The fourth-order valence-electron chi connectivity index (χ4n) is 5.60. The Balaban J connectivity index is 0.000000226. The summed E-state index contributed by atoms with van der Waals surface area (Å²) in [5.41, 5.74) is 1.94. The number of nitrogens with one attached hydrogen (secondary N) is 3. The van der Waals surface area contributed by atoms with Crippen LogP contribution in [-0.2, 0) is 9.84 Å². The summed E-state index contributed by atoms with van der Waals surface area (Å²) in [4.78, 5) is 23.1. The molecule has 0 aliphatic carbocycles. The molecule has 3 heterocycles. The number of hydrogen-bond donors (Lipinski definition) is 3. The zero-order chi connectivity index (χ0) is 51.2. The molecule has 0 unspecified atom stereocenters. The largest absolute Gasteiger partial charge is 0.486 e. The van der Waals surface area contributed by atoms with E-state index in [9.17, 15) is 31.2 Å². The summed E-state index contributed by atoms with van der Waals surface area (Å²) in [6.45, 7) is 16.0. The van der Waals surface area contributed by atoms with Crippen LogP contribution in [0.25, 0.3) is 0 Å². The number of anilines is 6. The maximum absolute atomic E-state index is 14.3. The smallest absolute Gasteiger partial charge is 0.262 e. The van der Waals surface area contributed by atoms with Crippen LogP contribution in [0.1, 0.15) is 70.7 Å². The highest BCUT2D eigenvalue weighted by Crippen LogP contribution is 2.35. The Bertz CT molecular complexity index is 2850. The lowest BCUT2D eigenvalue weighted by atomic mass is 10.1. The highest BCUT2D eigenvalue weighted by molar-refractivity contribution is 7.90. The van der Waals surface area contributed by atoms with Gasteiger partial charge in [0.2, 0.25) is 17.4 Å². The standard InChI is InChI=1S/C16H20FN3O4S.C15H14ClFN4O.C15H14F2N4O/c1-5-23-14-15(18-9-19-16(14)24-10(2)3)20-13-7-6-11(8-12(13)17)25(4,21)22;2*1-8(2)22-15-13(17)14(19-7-20-15)21-12-5-4-11(16)9(3)10(12)6-18/h6-10H,5H2,1-4H3,(H,18,19,20);2*4-5,7-8H,1-3H3,(H,19,20,21). The first-order valence-corrected chi connectivity index (χ1v) is 23.0. The Morgan fingerprint density at radius 3 is 1.52 bits per heavy atom. The summed E-state index contributed by atoms with van der Waals surface area (Å²) in [6.07, 6.45) is 4.02. The summed E-state index contributed by atoms with van der Waals surface area (Å²) >= 11 is 5.98. The van der Waals surface area contributed by atoms with Crippen molar-refractivity contribution in [3.8, 4) is 35.5 Å². The van der Waals surface area contributed by atoms with Crippen molar-refractivity contribution in [3.63, 3.8) is 0 Å². The van der Waals surface area contributed by atoms with E-state index in [0.29, 0.717) is 28.4 Å². The van der Waals surface area contributed by atoms with Crippen molar-refractivity contribution in [1.29, 1.82) is 10.5 Å². The molecule has 0 saturated carbocycles. The Morgan fingerprint density at radius 1 is 0.623 bits per heavy atom. The van der Waals surface area contributed by atoms with Crippen LogP contribution in [0.15, 0.2) is 66.3 Å². The summed E-state index contributed by atoms with van der Waals surface area (Å²) in [7, 11) is -3.49. The van der Waals surface area contributed by atoms with Crippen molar-refractivity contribution in [2.24, 2.45) is 0 Å². The van der Waals surface area contributed by atoms with E-state index >= 15 is 0 Å². The van der Waals surface area contributed by atoms with Gasteiger partial charge in [-0.25, -0.2) is 32.2 Å². The molecular formula is C46H48ClF4N11O6S. The third-order valence-electron chi connectivity index (χ3n) is 8.77. The monoisotopic (exact) mass is 993 g/mol. The lowest BCUT2D eigenvalue weighted by molar-refractivity contribution is 0.214. The number of sulfone groups is 1. The Hall–Kier alpha value is -7.56. The molecular weight excluding hydrogens is 946 g/mol. The van der Waals surface area contributed by atoms with E-state index in [1.807, 2.05) is 26.0 Å². The van der Waals surface area contributed by atoms with Crippen LogP contribution in [0.4, 0.5) is 52.1 Å². The third-order valence-corrected chi connectivity index (χ3v) is 10.3. The summed E-state index contributed by atoms with van der Waals surface area (Å²) in [5, 5.41) is 27.1. The molecule has 0 saturated heterocycles. The van der Waals surface area contributed by atoms with E-state index in [2.05, 4.69) is 45.9 Å². The Labute approximate surface area is 401 Å². The van der Waals surface area contributed by atoms with Gasteiger partial charge in [0.1, 0.15) is 42.8 Å². The van der Waals surface area contributed by atoms with Crippen molar-refractivity contribution in [2.45, 2.75) is 85.5 Å². The number of rotatable bonds is 15. The number of benzene rings is 3. The minimum absolute atomic E-state index is 0.0579. The second kappa shape index (κ2) is 24.5. The first-order valence-electron chi connectivity index (χ1n) is 20.8. The molecule has 17 nitrogen and oxygen atoms in total. The van der Waals surface area contributed by atoms with Crippen LogP contribution in [0.5, 0.6) is 23.4 Å². The summed E-state index contributed by atoms with van der Waals surface area (Å²) in [5.74, 6) is -2.55. The lowest BCUT2D eigenvalue weighted by Crippen LogP contribution is -2.11. The maximum Gasteiger partial charge on any atom is 0.262 e. The minimum atomic E-state index is -3.49. The van der Waals surface area contributed by atoms with Crippen molar-refractivity contribution < 1.29 is 44.9 Å². The number of halogens is 5. The molecule has 0 fully saturated rings. The van der Waals surface area contributed by atoms with Crippen LogP contribution in [0.3, 0.4) is 0 Å². The van der Waals surface area contributed by atoms with Crippen LogP contribution in [-0.4, -0.2) is 69.5 Å². The molecule has 3 aromatic heterocycles. The van der Waals surface area contributed by atoms with E-state index in [1.165, 1.54) is 43.8 Å². The van der Waals surface area contributed by atoms with E-state index < -0.39 is 33.1 Å². The molecule has 0 amide bonds. The number of nitrogens with zero attached hydrogens (tertiary/aromatic N) is 8. The van der Waals surface area contributed by atoms with Crippen LogP contribution < -0.4 is 34.9 Å². The van der Waals surface area contributed by atoms with Crippen molar-refractivity contribution in [1.82, 2.24) is 29.9 Å². The first-order chi connectivity index (χ1) is 32.6. The Kier molecular flexibility index (Phi) is 19.2.